The van der Waals surface area contributed by atoms with E-state index in [1.807, 2.05) is 19.1 Å². The van der Waals surface area contributed by atoms with Crippen molar-refractivity contribution in [3.63, 3.8) is 0 Å². The van der Waals surface area contributed by atoms with Crippen LogP contribution in [0.15, 0.2) is 42.5 Å². The third-order valence-electron chi connectivity index (χ3n) is 9.24. The Balaban J connectivity index is 1.08. The van der Waals surface area contributed by atoms with Crippen molar-refractivity contribution in [2.24, 2.45) is 7.05 Å². The quantitative estimate of drug-likeness (QED) is 0.255. The fourth-order valence-electron chi connectivity index (χ4n) is 6.66. The second-order valence-corrected chi connectivity index (χ2v) is 12.6. The molecule has 0 aliphatic carbocycles. The molecule has 0 spiro atoms. The summed E-state index contributed by atoms with van der Waals surface area (Å²) in [4.78, 5) is 19.0. The molecule has 0 amide bonds. The van der Waals surface area contributed by atoms with Gasteiger partial charge in [-0.05, 0) is 69.5 Å². The highest BCUT2D eigenvalue weighted by Gasteiger charge is 2.43. The molecule has 45 heavy (non-hydrogen) atoms. The zero-order valence-corrected chi connectivity index (χ0v) is 26.2. The summed E-state index contributed by atoms with van der Waals surface area (Å²) in [6.07, 6.45) is 2.97. The van der Waals surface area contributed by atoms with E-state index in [1.165, 1.54) is 6.07 Å². The monoisotopic (exact) mass is 635 g/mol. The summed E-state index contributed by atoms with van der Waals surface area (Å²) in [7, 11) is 1.74. The lowest BCUT2D eigenvalue weighted by Crippen LogP contribution is -2.35. The average Bonchev–Trinajstić information content (AvgIpc) is 3.63. The number of imidazole rings is 1. The highest BCUT2D eigenvalue weighted by Crippen LogP contribution is 2.50. The Kier molecular flexibility index (Phi) is 7.58. The van der Waals surface area contributed by atoms with Crippen LogP contribution in [-0.4, -0.2) is 61.1 Å². The normalized spacial score (nSPS) is 21.7. The Morgan fingerprint density at radius 3 is 2.60 bits per heavy atom. The second kappa shape index (κ2) is 11.5. The minimum atomic E-state index is -1.29. The molecule has 0 unspecified atom stereocenters. The van der Waals surface area contributed by atoms with Crippen LogP contribution in [0.2, 0.25) is 5.02 Å². The summed E-state index contributed by atoms with van der Waals surface area (Å²) >= 11 is 5.98. The number of aromatic nitrogens is 4. The van der Waals surface area contributed by atoms with E-state index in [1.54, 1.807) is 36.9 Å². The highest BCUT2D eigenvalue weighted by molar-refractivity contribution is 6.30. The van der Waals surface area contributed by atoms with Crippen molar-refractivity contribution in [2.45, 2.75) is 64.0 Å². The number of hydrogen-bond acceptors (Lipinski definition) is 7. The van der Waals surface area contributed by atoms with E-state index in [0.717, 1.165) is 61.7 Å². The fourth-order valence-corrected chi connectivity index (χ4v) is 6.82. The number of carboxylic acids is 1. The molecule has 10 nitrogen and oxygen atoms in total. The van der Waals surface area contributed by atoms with Crippen LogP contribution in [0.5, 0.6) is 11.5 Å². The highest BCUT2D eigenvalue weighted by atomic mass is 35.5. The molecule has 2 fully saturated rings. The number of likely N-dealkylation sites (tertiary alicyclic amines) is 1. The van der Waals surface area contributed by atoms with Gasteiger partial charge >= 0.3 is 5.97 Å². The first-order valence-electron chi connectivity index (χ1n) is 15.2. The molecule has 1 N–H and O–H groups in total. The van der Waals surface area contributed by atoms with Gasteiger partial charge in [0.15, 0.2) is 17.2 Å². The number of hydrogen-bond donors (Lipinski definition) is 1. The Hall–Kier alpha value is -3.93. The molecule has 12 heteroatoms. The number of benzene rings is 2. The van der Waals surface area contributed by atoms with Crippen molar-refractivity contribution in [3.05, 3.63) is 81.6 Å². The summed E-state index contributed by atoms with van der Waals surface area (Å²) < 4.78 is 37.0. The first-order valence-corrected chi connectivity index (χ1v) is 15.6. The third kappa shape index (κ3) is 5.47. The van der Waals surface area contributed by atoms with Gasteiger partial charge in [0.1, 0.15) is 17.3 Å². The number of ether oxygens (including phenoxy) is 3. The van der Waals surface area contributed by atoms with Crippen LogP contribution in [0, 0.1) is 12.7 Å². The standard InChI is InChI=1S/C33H35ClFN5O5/c1-19-30(27-16-26(32(41)42)37-38(27)3)36-29(40(19)17-22-11-14-43-22)18-39-12-9-20(10-13-39)23-5-4-6-28-31(23)45-33(2,44-28)24-8-7-21(34)15-25(24)35/h4-8,15-16,20,22H,9-14,17-18H2,1-3H3,(H,41,42)/t22-,33-/m0/s1. The molecule has 2 saturated heterocycles. The number of para-hydroxylation sites is 1. The third-order valence-corrected chi connectivity index (χ3v) is 9.48. The number of piperidine rings is 1. The van der Waals surface area contributed by atoms with Gasteiger partial charge in [0.2, 0.25) is 0 Å². The summed E-state index contributed by atoms with van der Waals surface area (Å²) in [5, 5.41) is 13.9. The van der Waals surface area contributed by atoms with Crippen molar-refractivity contribution in [1.82, 2.24) is 24.2 Å². The fraction of sp³-hybridized carbons (Fsp3) is 0.424. The Morgan fingerprint density at radius 2 is 1.93 bits per heavy atom. The molecule has 5 heterocycles. The molecular formula is C33H35ClFN5O5. The van der Waals surface area contributed by atoms with Crippen molar-refractivity contribution >= 4 is 17.6 Å². The maximum absolute atomic E-state index is 14.9. The lowest BCUT2D eigenvalue weighted by atomic mass is 9.88. The van der Waals surface area contributed by atoms with Crippen LogP contribution in [0.25, 0.3) is 11.4 Å². The van der Waals surface area contributed by atoms with E-state index in [-0.39, 0.29) is 17.7 Å². The van der Waals surface area contributed by atoms with Crippen LogP contribution >= 0.6 is 11.6 Å². The molecular weight excluding hydrogens is 601 g/mol. The molecule has 3 aliphatic heterocycles. The lowest BCUT2D eigenvalue weighted by Gasteiger charge is -2.33. The van der Waals surface area contributed by atoms with Crippen LogP contribution in [-0.2, 0) is 30.7 Å². The first-order chi connectivity index (χ1) is 21.6. The molecule has 0 bridgehead atoms. The van der Waals surface area contributed by atoms with Crippen LogP contribution < -0.4 is 9.47 Å². The molecule has 236 valence electrons. The van der Waals surface area contributed by atoms with E-state index in [2.05, 4.69) is 20.6 Å². The van der Waals surface area contributed by atoms with Gasteiger partial charge in [-0.25, -0.2) is 14.2 Å². The summed E-state index contributed by atoms with van der Waals surface area (Å²) in [5.74, 6) is -0.378. The Labute approximate surface area is 265 Å². The minimum absolute atomic E-state index is 0.00668. The summed E-state index contributed by atoms with van der Waals surface area (Å²) in [5.41, 5.74) is 3.73. The largest absolute Gasteiger partial charge is 0.476 e. The zero-order valence-electron chi connectivity index (χ0n) is 25.4. The van der Waals surface area contributed by atoms with E-state index in [4.69, 9.17) is 30.8 Å². The van der Waals surface area contributed by atoms with E-state index < -0.39 is 17.6 Å². The van der Waals surface area contributed by atoms with Crippen molar-refractivity contribution in [1.29, 1.82) is 0 Å². The van der Waals surface area contributed by atoms with Gasteiger partial charge in [-0.15, -0.1) is 0 Å². The molecule has 2 aromatic heterocycles. The van der Waals surface area contributed by atoms with E-state index >= 15 is 0 Å². The molecule has 2 aromatic carbocycles. The Bertz CT molecular complexity index is 1780. The number of aryl methyl sites for hydroxylation is 1. The Morgan fingerprint density at radius 1 is 1.16 bits per heavy atom. The number of nitrogens with zero attached hydrogens (tertiary/aromatic N) is 5. The van der Waals surface area contributed by atoms with Gasteiger partial charge in [0, 0.05) is 42.9 Å². The van der Waals surface area contributed by atoms with Gasteiger partial charge in [-0.3, -0.25) is 9.58 Å². The van der Waals surface area contributed by atoms with E-state index in [0.29, 0.717) is 40.9 Å². The minimum Gasteiger partial charge on any atom is -0.476 e. The molecule has 7 rings (SSSR count). The SMILES string of the molecule is Cc1c(-c2cc(C(=O)O)nn2C)nc(CN2CCC(c3cccc4c3O[C@@](C)(c3ccc(Cl)cc3F)O4)CC2)n1C[C@@H]1CCO1. The maximum Gasteiger partial charge on any atom is 0.356 e. The van der Waals surface area contributed by atoms with Gasteiger partial charge in [-0.2, -0.15) is 5.10 Å². The topological polar surface area (TPSA) is 104 Å². The average molecular weight is 636 g/mol. The lowest BCUT2D eigenvalue weighted by molar-refractivity contribution is -0.0712. The molecule has 0 radical (unpaired) electrons. The number of aromatic carboxylic acids is 1. The van der Waals surface area contributed by atoms with Crippen LogP contribution in [0.3, 0.4) is 0 Å². The number of halogens is 2. The maximum atomic E-state index is 14.9. The van der Waals surface area contributed by atoms with Crippen molar-refractivity contribution < 1.29 is 28.5 Å². The van der Waals surface area contributed by atoms with Gasteiger partial charge < -0.3 is 23.9 Å². The molecule has 3 aliphatic rings. The number of rotatable bonds is 8. The van der Waals surface area contributed by atoms with Gasteiger partial charge in [0.05, 0.1) is 30.5 Å². The van der Waals surface area contributed by atoms with Gasteiger partial charge in [-0.1, -0.05) is 23.7 Å². The van der Waals surface area contributed by atoms with Crippen molar-refractivity contribution in [2.75, 3.05) is 19.7 Å². The number of fused-ring (bicyclic) bond motifs is 1. The summed E-state index contributed by atoms with van der Waals surface area (Å²) in [6, 6.07) is 12.0. The molecule has 2 atom stereocenters. The zero-order chi connectivity index (χ0) is 31.5. The van der Waals surface area contributed by atoms with E-state index in [9.17, 15) is 14.3 Å². The predicted octanol–water partition coefficient (Wildman–Crippen LogP) is 5.90. The van der Waals surface area contributed by atoms with Crippen LogP contribution in [0.1, 0.15) is 65.2 Å². The van der Waals surface area contributed by atoms with Gasteiger partial charge in [0.25, 0.3) is 5.79 Å². The van der Waals surface area contributed by atoms with Crippen molar-refractivity contribution in [3.8, 4) is 22.9 Å². The molecule has 4 aromatic rings. The first kappa shape index (κ1) is 29.8. The predicted molar refractivity (Wildman–Crippen MR) is 164 cm³/mol. The van der Waals surface area contributed by atoms with Crippen LogP contribution in [0.4, 0.5) is 4.39 Å². The number of carbonyl (C=O) groups is 1. The summed E-state index contributed by atoms with van der Waals surface area (Å²) in [6.45, 7) is 7.59. The second-order valence-electron chi connectivity index (χ2n) is 12.2. The molecule has 0 saturated carbocycles. The number of carboxylic acid groups (broad SMARTS) is 1. The smallest absolute Gasteiger partial charge is 0.356 e.